The van der Waals surface area contributed by atoms with E-state index in [0.29, 0.717) is 34.6 Å². The van der Waals surface area contributed by atoms with Gasteiger partial charge in [-0.25, -0.2) is 0 Å². The number of ether oxygens (including phenoxy) is 1. The zero-order chi connectivity index (χ0) is 22.7. The molecule has 1 aromatic heterocycles. The fraction of sp³-hybridized carbons (Fsp3) is 0.192. The Balaban J connectivity index is 1.69. The lowest BCUT2D eigenvalue weighted by Gasteiger charge is -2.06. The molecule has 6 heteroatoms. The fourth-order valence-corrected chi connectivity index (χ4v) is 4.77. The first-order chi connectivity index (χ1) is 15.5. The average molecular weight is 445 g/mol. The van der Waals surface area contributed by atoms with Crippen LogP contribution in [0.15, 0.2) is 71.7 Å². The van der Waals surface area contributed by atoms with Gasteiger partial charge in [0.1, 0.15) is 0 Å². The van der Waals surface area contributed by atoms with E-state index in [0.717, 1.165) is 21.3 Å². The highest BCUT2D eigenvalue weighted by Crippen LogP contribution is 2.23. The van der Waals surface area contributed by atoms with Crippen LogP contribution in [0.3, 0.4) is 0 Å². The van der Waals surface area contributed by atoms with Gasteiger partial charge < -0.3 is 9.30 Å². The molecule has 0 fully saturated rings. The van der Waals surface area contributed by atoms with Gasteiger partial charge in [-0.2, -0.15) is 4.99 Å². The maximum atomic E-state index is 12.9. The van der Waals surface area contributed by atoms with Crippen molar-refractivity contribution in [1.82, 2.24) is 4.57 Å². The molecule has 0 saturated carbocycles. The van der Waals surface area contributed by atoms with Crippen LogP contribution in [0.5, 0.6) is 0 Å². The molecule has 32 heavy (non-hydrogen) atoms. The van der Waals surface area contributed by atoms with E-state index in [1.165, 1.54) is 11.3 Å². The normalized spacial score (nSPS) is 11.8. The average Bonchev–Trinajstić information content (AvgIpc) is 3.15. The van der Waals surface area contributed by atoms with Gasteiger partial charge in [0.25, 0.3) is 5.91 Å². The van der Waals surface area contributed by atoms with Gasteiger partial charge in [0.05, 0.1) is 16.8 Å². The van der Waals surface area contributed by atoms with E-state index < -0.39 is 0 Å². The Hall–Kier alpha value is -3.35. The molecule has 0 aliphatic carbocycles. The van der Waals surface area contributed by atoms with Gasteiger partial charge in [-0.1, -0.05) is 59.9 Å². The van der Waals surface area contributed by atoms with Crippen molar-refractivity contribution >= 4 is 33.2 Å². The van der Waals surface area contributed by atoms with Crippen molar-refractivity contribution < 1.29 is 14.3 Å². The summed E-state index contributed by atoms with van der Waals surface area (Å²) < 4.78 is 8.42. The Morgan fingerprint density at radius 2 is 1.59 bits per heavy atom. The number of nitrogens with zero attached hydrogens (tertiary/aromatic N) is 2. The molecule has 1 heterocycles. The molecule has 0 spiro atoms. The summed E-state index contributed by atoms with van der Waals surface area (Å²) in [5, 5.41) is 0. The standard InChI is InChI=1S/C26H24N2O3S/c1-17-15-18(2)24-22(16-17)28(13-14-31-3)26(32-24)27-25(30)21-11-9-20(10-12-21)23(29)19-7-5-4-6-8-19/h4-12,15-16H,13-14H2,1-3H3. The highest BCUT2D eigenvalue weighted by Gasteiger charge is 2.13. The second-order valence-electron chi connectivity index (χ2n) is 7.65. The lowest BCUT2D eigenvalue weighted by molar-refractivity contribution is 0.0994. The van der Waals surface area contributed by atoms with Crippen LogP contribution in [0.2, 0.25) is 0 Å². The third-order valence-corrected chi connectivity index (χ3v) is 6.49. The molecule has 4 aromatic rings. The number of carbonyl (C=O) groups is 2. The molecule has 0 bridgehead atoms. The molecule has 1 amide bonds. The molecule has 0 saturated heterocycles. The first kappa shape index (κ1) is 21.9. The molecule has 0 radical (unpaired) electrons. The maximum Gasteiger partial charge on any atom is 0.279 e. The molecule has 0 atom stereocenters. The summed E-state index contributed by atoms with van der Waals surface area (Å²) in [7, 11) is 1.66. The van der Waals surface area contributed by atoms with Gasteiger partial charge in [0.2, 0.25) is 0 Å². The van der Waals surface area contributed by atoms with Gasteiger partial charge in [-0.15, -0.1) is 0 Å². The number of methoxy groups -OCH3 is 1. The summed E-state index contributed by atoms with van der Waals surface area (Å²) in [5.41, 5.74) is 4.98. The minimum Gasteiger partial charge on any atom is -0.383 e. The molecule has 162 valence electrons. The highest BCUT2D eigenvalue weighted by molar-refractivity contribution is 7.16. The number of thiazole rings is 1. The Bertz CT molecular complexity index is 1350. The van der Waals surface area contributed by atoms with Crippen LogP contribution in [-0.2, 0) is 11.3 Å². The van der Waals surface area contributed by atoms with E-state index >= 15 is 0 Å². The van der Waals surface area contributed by atoms with E-state index in [2.05, 4.69) is 31.0 Å². The van der Waals surface area contributed by atoms with Crippen LogP contribution in [0, 0.1) is 13.8 Å². The number of rotatable bonds is 6. The Morgan fingerprint density at radius 3 is 2.28 bits per heavy atom. The Labute approximate surface area is 190 Å². The smallest absolute Gasteiger partial charge is 0.279 e. The van der Waals surface area contributed by atoms with Gasteiger partial charge in [-0.05, 0) is 43.2 Å². The summed E-state index contributed by atoms with van der Waals surface area (Å²) in [4.78, 5) is 30.6. The van der Waals surface area contributed by atoms with Crippen molar-refractivity contribution in [2.75, 3.05) is 13.7 Å². The zero-order valence-electron chi connectivity index (χ0n) is 18.3. The van der Waals surface area contributed by atoms with Crippen LogP contribution >= 0.6 is 11.3 Å². The monoisotopic (exact) mass is 444 g/mol. The second kappa shape index (κ2) is 9.42. The molecular formula is C26H24N2O3S. The molecule has 0 aliphatic rings. The predicted octanol–water partition coefficient (Wildman–Crippen LogP) is 4.94. The van der Waals surface area contributed by atoms with Crippen LogP contribution in [0.4, 0.5) is 0 Å². The van der Waals surface area contributed by atoms with Gasteiger partial charge in [-0.3, -0.25) is 9.59 Å². The summed E-state index contributed by atoms with van der Waals surface area (Å²) in [6.07, 6.45) is 0. The first-order valence-electron chi connectivity index (χ1n) is 10.4. The first-order valence-corrected chi connectivity index (χ1v) is 11.2. The van der Waals surface area contributed by atoms with E-state index in [1.54, 1.807) is 43.5 Å². The van der Waals surface area contributed by atoms with Crippen LogP contribution in [0.25, 0.3) is 10.2 Å². The highest BCUT2D eigenvalue weighted by atomic mass is 32.1. The summed E-state index contributed by atoms with van der Waals surface area (Å²) in [6, 6.07) is 20.0. The molecule has 0 aliphatic heterocycles. The van der Waals surface area contributed by atoms with Gasteiger partial charge in [0, 0.05) is 30.3 Å². The Morgan fingerprint density at radius 1 is 0.938 bits per heavy atom. The van der Waals surface area contributed by atoms with Crippen LogP contribution in [0.1, 0.15) is 37.4 Å². The predicted molar refractivity (Wildman–Crippen MR) is 127 cm³/mol. The number of hydrogen-bond donors (Lipinski definition) is 0. The van der Waals surface area contributed by atoms with E-state index in [9.17, 15) is 9.59 Å². The maximum absolute atomic E-state index is 12.9. The number of benzene rings is 3. The molecule has 0 unspecified atom stereocenters. The number of aryl methyl sites for hydroxylation is 2. The number of amides is 1. The lowest BCUT2D eigenvalue weighted by atomic mass is 10.0. The minimum atomic E-state index is -0.337. The quantitative estimate of drug-likeness (QED) is 0.396. The lowest BCUT2D eigenvalue weighted by Crippen LogP contribution is -2.19. The van der Waals surface area contributed by atoms with Crippen LogP contribution in [-0.4, -0.2) is 30.0 Å². The third-order valence-electron chi connectivity index (χ3n) is 5.26. The van der Waals surface area contributed by atoms with Crippen molar-refractivity contribution in [2.24, 2.45) is 4.99 Å². The van der Waals surface area contributed by atoms with Crippen molar-refractivity contribution in [3.05, 3.63) is 99.3 Å². The molecule has 4 rings (SSSR count). The topological polar surface area (TPSA) is 60.7 Å². The summed E-state index contributed by atoms with van der Waals surface area (Å²) in [5.74, 6) is -0.412. The molecular weight excluding hydrogens is 420 g/mol. The van der Waals surface area contributed by atoms with E-state index in [1.807, 2.05) is 22.8 Å². The van der Waals surface area contributed by atoms with E-state index in [-0.39, 0.29) is 11.7 Å². The van der Waals surface area contributed by atoms with Crippen molar-refractivity contribution in [1.29, 1.82) is 0 Å². The number of hydrogen-bond acceptors (Lipinski definition) is 4. The second-order valence-corrected chi connectivity index (χ2v) is 8.63. The summed E-state index contributed by atoms with van der Waals surface area (Å²) in [6.45, 7) is 5.26. The number of carbonyl (C=O) groups excluding carboxylic acids is 2. The molecule has 3 aromatic carbocycles. The zero-order valence-corrected chi connectivity index (χ0v) is 19.1. The third kappa shape index (κ3) is 4.47. The summed E-state index contributed by atoms with van der Waals surface area (Å²) >= 11 is 1.50. The molecule has 5 nitrogen and oxygen atoms in total. The van der Waals surface area contributed by atoms with Crippen LogP contribution < -0.4 is 4.80 Å². The number of fused-ring (bicyclic) bond motifs is 1. The Kier molecular flexibility index (Phi) is 6.44. The van der Waals surface area contributed by atoms with Crippen molar-refractivity contribution in [3.8, 4) is 0 Å². The van der Waals surface area contributed by atoms with E-state index in [4.69, 9.17) is 4.74 Å². The number of ketones is 1. The van der Waals surface area contributed by atoms with Gasteiger partial charge in [0.15, 0.2) is 10.6 Å². The fourth-order valence-electron chi connectivity index (χ4n) is 3.67. The van der Waals surface area contributed by atoms with Crippen molar-refractivity contribution in [3.63, 3.8) is 0 Å². The van der Waals surface area contributed by atoms with Gasteiger partial charge >= 0.3 is 0 Å². The SMILES string of the molecule is COCCn1c(=NC(=O)c2ccc(C(=O)c3ccccc3)cc2)sc2c(C)cc(C)cc21. The largest absolute Gasteiger partial charge is 0.383 e. The van der Waals surface area contributed by atoms with Crippen molar-refractivity contribution in [2.45, 2.75) is 20.4 Å². The molecule has 0 N–H and O–H groups in total. The number of aromatic nitrogens is 1. The minimum absolute atomic E-state index is 0.0747.